The number of hydrogen-bond donors (Lipinski definition) is 2. The highest BCUT2D eigenvalue weighted by Crippen LogP contribution is 2.19. The second kappa shape index (κ2) is 13.3. The average Bonchev–Trinajstić information content (AvgIpc) is 2.44. The van der Waals surface area contributed by atoms with E-state index in [-0.39, 0.29) is 0 Å². The van der Waals surface area contributed by atoms with Gasteiger partial charge >= 0.3 is 0 Å². The maximum atomic E-state index is 11.4. The lowest BCUT2D eigenvalue weighted by Crippen LogP contribution is -2.33. The lowest BCUT2D eigenvalue weighted by molar-refractivity contribution is 0.146. The van der Waals surface area contributed by atoms with Gasteiger partial charge in [0.25, 0.3) is 10.1 Å². The second-order valence-electron chi connectivity index (χ2n) is 6.38. The van der Waals surface area contributed by atoms with Crippen molar-refractivity contribution in [3.05, 3.63) is 0 Å². The zero-order chi connectivity index (χ0) is 16.8. The maximum absolute atomic E-state index is 11.4. The van der Waals surface area contributed by atoms with E-state index in [0.717, 1.165) is 44.9 Å². The minimum absolute atomic E-state index is 0.358. The topological polar surface area (TPSA) is 74.6 Å². The molecule has 2 N–H and O–H groups in total. The molecule has 4 nitrogen and oxygen atoms in total. The van der Waals surface area contributed by atoms with Crippen molar-refractivity contribution >= 4 is 10.1 Å². The molecule has 0 aliphatic rings. The Morgan fingerprint density at radius 3 is 1.64 bits per heavy atom. The Labute approximate surface area is 137 Å². The first-order valence-electron chi connectivity index (χ1n) is 9.07. The summed E-state index contributed by atoms with van der Waals surface area (Å²) >= 11 is 0. The zero-order valence-corrected chi connectivity index (χ0v) is 15.3. The third-order valence-electron chi connectivity index (χ3n) is 4.26. The van der Waals surface area contributed by atoms with E-state index in [0.29, 0.717) is 12.8 Å². The molecule has 0 saturated heterocycles. The highest BCUT2D eigenvalue weighted by atomic mass is 32.2. The van der Waals surface area contributed by atoms with Crippen molar-refractivity contribution in [2.24, 2.45) is 0 Å². The summed E-state index contributed by atoms with van der Waals surface area (Å²) in [6.45, 7) is 4.28. The number of hydrogen-bond acceptors (Lipinski definition) is 3. The fraction of sp³-hybridized carbons (Fsp3) is 1.00. The summed E-state index contributed by atoms with van der Waals surface area (Å²) in [6, 6.07) is 0. The standard InChI is InChI=1S/C17H36O4S/c1-3-5-7-9-10-11-12-14-16(18)17(22(19,20)21)15-13-8-6-4-2/h16-18H,3-15H2,1-2H3,(H,19,20,21). The van der Waals surface area contributed by atoms with Gasteiger partial charge in [0.2, 0.25) is 0 Å². The largest absolute Gasteiger partial charge is 0.392 e. The molecule has 2 atom stereocenters. The fourth-order valence-electron chi connectivity index (χ4n) is 2.81. The molecule has 0 rings (SSSR count). The van der Waals surface area contributed by atoms with Gasteiger partial charge in [0.05, 0.1) is 6.10 Å². The molecule has 2 unspecified atom stereocenters. The Morgan fingerprint density at radius 1 is 0.727 bits per heavy atom. The normalized spacial score (nSPS) is 14.9. The maximum Gasteiger partial charge on any atom is 0.270 e. The summed E-state index contributed by atoms with van der Waals surface area (Å²) in [6.07, 6.45) is 11.7. The van der Waals surface area contributed by atoms with Gasteiger partial charge in [-0.25, -0.2) is 0 Å². The molecule has 0 aromatic heterocycles. The number of unbranched alkanes of at least 4 members (excludes halogenated alkanes) is 9. The van der Waals surface area contributed by atoms with Crippen LogP contribution in [0.4, 0.5) is 0 Å². The van der Waals surface area contributed by atoms with Crippen molar-refractivity contribution in [3.8, 4) is 0 Å². The van der Waals surface area contributed by atoms with Crippen LogP contribution in [0.2, 0.25) is 0 Å². The van der Waals surface area contributed by atoms with E-state index >= 15 is 0 Å². The van der Waals surface area contributed by atoms with Gasteiger partial charge in [-0.3, -0.25) is 4.55 Å². The van der Waals surface area contributed by atoms with Gasteiger partial charge in [0.15, 0.2) is 0 Å². The highest BCUT2D eigenvalue weighted by molar-refractivity contribution is 7.86. The van der Waals surface area contributed by atoms with Gasteiger partial charge in [0.1, 0.15) is 5.25 Å². The smallest absolute Gasteiger partial charge is 0.270 e. The van der Waals surface area contributed by atoms with Crippen molar-refractivity contribution < 1.29 is 18.1 Å². The molecule has 0 bridgehead atoms. The lowest BCUT2D eigenvalue weighted by atomic mass is 10.0. The zero-order valence-electron chi connectivity index (χ0n) is 14.5. The second-order valence-corrected chi connectivity index (χ2v) is 8.02. The van der Waals surface area contributed by atoms with E-state index < -0.39 is 21.5 Å². The van der Waals surface area contributed by atoms with Gasteiger partial charge in [0, 0.05) is 0 Å². The molecule has 0 aromatic rings. The van der Waals surface area contributed by atoms with Crippen molar-refractivity contribution in [3.63, 3.8) is 0 Å². The molecular formula is C17H36O4S. The van der Waals surface area contributed by atoms with Crippen LogP contribution in [0.15, 0.2) is 0 Å². The van der Waals surface area contributed by atoms with Crippen LogP contribution in [0.3, 0.4) is 0 Å². The molecule has 0 aromatic carbocycles. The van der Waals surface area contributed by atoms with Crippen molar-refractivity contribution in [2.75, 3.05) is 0 Å². The molecule has 5 heteroatoms. The van der Waals surface area contributed by atoms with Crippen molar-refractivity contribution in [1.82, 2.24) is 0 Å². The van der Waals surface area contributed by atoms with E-state index in [4.69, 9.17) is 0 Å². The monoisotopic (exact) mass is 336 g/mol. The Balaban J connectivity index is 3.99. The number of rotatable bonds is 15. The number of aliphatic hydroxyl groups is 1. The van der Waals surface area contributed by atoms with Gasteiger partial charge < -0.3 is 5.11 Å². The SMILES string of the molecule is CCCCCCCCCC(O)C(CCCCCC)S(=O)(=O)O. The summed E-state index contributed by atoms with van der Waals surface area (Å²) in [4.78, 5) is 0. The first-order valence-corrected chi connectivity index (χ1v) is 10.6. The Kier molecular flexibility index (Phi) is 13.2. The van der Waals surface area contributed by atoms with E-state index in [9.17, 15) is 18.1 Å². The average molecular weight is 337 g/mol. The van der Waals surface area contributed by atoms with Crippen molar-refractivity contribution in [2.45, 2.75) is 109 Å². The predicted molar refractivity (Wildman–Crippen MR) is 92.7 cm³/mol. The molecule has 134 valence electrons. The molecule has 0 amide bonds. The van der Waals surface area contributed by atoms with Crippen LogP contribution in [0.5, 0.6) is 0 Å². The van der Waals surface area contributed by atoms with Crippen LogP contribution >= 0.6 is 0 Å². The molecule has 22 heavy (non-hydrogen) atoms. The van der Waals surface area contributed by atoms with Crippen LogP contribution in [0, 0.1) is 0 Å². The quantitative estimate of drug-likeness (QED) is 0.335. The molecule has 0 radical (unpaired) electrons. The Hall–Kier alpha value is -0.130. The Morgan fingerprint density at radius 2 is 1.14 bits per heavy atom. The third kappa shape index (κ3) is 11.4. The fourth-order valence-corrected chi connectivity index (χ4v) is 3.81. The summed E-state index contributed by atoms with van der Waals surface area (Å²) in [5, 5.41) is 9.09. The molecule has 0 aliphatic heterocycles. The highest BCUT2D eigenvalue weighted by Gasteiger charge is 2.29. The Bertz CT molecular complexity index is 341. The molecule has 0 spiro atoms. The van der Waals surface area contributed by atoms with E-state index in [1.54, 1.807) is 0 Å². The summed E-state index contributed by atoms with van der Waals surface area (Å²) in [5.41, 5.74) is 0. The molecule has 0 heterocycles. The van der Waals surface area contributed by atoms with Crippen LogP contribution in [0.1, 0.15) is 97.3 Å². The minimum atomic E-state index is -4.16. The summed E-state index contributed by atoms with van der Waals surface area (Å²) < 4.78 is 32.2. The third-order valence-corrected chi connectivity index (χ3v) is 5.57. The van der Waals surface area contributed by atoms with Gasteiger partial charge in [-0.05, 0) is 12.8 Å². The molecule has 0 saturated carbocycles. The first kappa shape index (κ1) is 21.9. The van der Waals surface area contributed by atoms with E-state index in [2.05, 4.69) is 13.8 Å². The number of aliphatic hydroxyl groups excluding tert-OH is 1. The first-order chi connectivity index (χ1) is 10.4. The lowest BCUT2D eigenvalue weighted by Gasteiger charge is -2.20. The molecular weight excluding hydrogens is 300 g/mol. The van der Waals surface area contributed by atoms with Crippen LogP contribution < -0.4 is 0 Å². The van der Waals surface area contributed by atoms with E-state index in [1.165, 1.54) is 25.7 Å². The predicted octanol–water partition coefficient (Wildman–Crippen LogP) is 4.71. The summed E-state index contributed by atoms with van der Waals surface area (Å²) in [7, 11) is -4.16. The summed E-state index contributed by atoms with van der Waals surface area (Å²) in [5.74, 6) is 0. The van der Waals surface area contributed by atoms with E-state index in [1.807, 2.05) is 0 Å². The molecule has 0 fully saturated rings. The van der Waals surface area contributed by atoms with Crippen LogP contribution in [-0.4, -0.2) is 29.4 Å². The molecule has 0 aliphatic carbocycles. The van der Waals surface area contributed by atoms with Gasteiger partial charge in [-0.1, -0.05) is 84.5 Å². The van der Waals surface area contributed by atoms with Crippen molar-refractivity contribution in [1.29, 1.82) is 0 Å². The van der Waals surface area contributed by atoms with Crippen LogP contribution in [0.25, 0.3) is 0 Å². The minimum Gasteiger partial charge on any atom is -0.392 e. The van der Waals surface area contributed by atoms with Crippen LogP contribution in [-0.2, 0) is 10.1 Å². The van der Waals surface area contributed by atoms with Gasteiger partial charge in [-0.15, -0.1) is 0 Å². The van der Waals surface area contributed by atoms with Gasteiger partial charge in [-0.2, -0.15) is 8.42 Å².